The van der Waals surface area contributed by atoms with Crippen molar-refractivity contribution in [2.24, 2.45) is 7.05 Å². The van der Waals surface area contributed by atoms with Gasteiger partial charge in [0.15, 0.2) is 0 Å². The number of carboxylic acids is 1. The maximum Gasteiger partial charge on any atom is 0.339 e. The van der Waals surface area contributed by atoms with Crippen LogP contribution in [0.4, 0.5) is 5.95 Å². The van der Waals surface area contributed by atoms with Crippen molar-refractivity contribution < 1.29 is 9.90 Å². The van der Waals surface area contributed by atoms with E-state index in [4.69, 9.17) is 5.11 Å². The van der Waals surface area contributed by atoms with Crippen LogP contribution in [0.3, 0.4) is 0 Å². The Morgan fingerprint density at radius 2 is 2.25 bits per heavy atom. The lowest BCUT2D eigenvalue weighted by Crippen LogP contribution is -2.09. The molecule has 0 aliphatic rings. The predicted molar refractivity (Wildman–Crippen MR) is 73.6 cm³/mol. The van der Waals surface area contributed by atoms with Gasteiger partial charge in [-0.05, 0) is 13.3 Å². The van der Waals surface area contributed by atoms with Gasteiger partial charge in [0, 0.05) is 31.5 Å². The highest BCUT2D eigenvalue weighted by atomic mass is 16.4. The lowest BCUT2D eigenvalue weighted by atomic mass is 10.2. The molecule has 0 bridgehead atoms. The molecule has 0 radical (unpaired) electrons. The fraction of sp³-hybridized carbons (Fsp3) is 0.385. The minimum Gasteiger partial charge on any atom is -0.478 e. The third-order valence-corrected chi connectivity index (χ3v) is 2.97. The highest BCUT2D eigenvalue weighted by Crippen LogP contribution is 2.11. The minimum absolute atomic E-state index is 0.117. The molecule has 106 valence electrons. The summed E-state index contributed by atoms with van der Waals surface area (Å²) in [6.45, 7) is 4.26. The van der Waals surface area contributed by atoms with Crippen molar-refractivity contribution >= 4 is 11.9 Å². The van der Waals surface area contributed by atoms with Gasteiger partial charge in [0.2, 0.25) is 5.95 Å². The van der Waals surface area contributed by atoms with Crippen LogP contribution in [0.5, 0.6) is 0 Å². The van der Waals surface area contributed by atoms with E-state index in [1.165, 1.54) is 6.20 Å². The van der Waals surface area contributed by atoms with Crippen LogP contribution in [-0.2, 0) is 20.0 Å². The highest BCUT2D eigenvalue weighted by molar-refractivity contribution is 5.88. The zero-order valence-electron chi connectivity index (χ0n) is 11.7. The molecule has 7 nitrogen and oxygen atoms in total. The van der Waals surface area contributed by atoms with Gasteiger partial charge in [-0.3, -0.25) is 4.68 Å². The summed E-state index contributed by atoms with van der Waals surface area (Å²) >= 11 is 0. The summed E-state index contributed by atoms with van der Waals surface area (Å²) in [6, 6.07) is 0. The van der Waals surface area contributed by atoms with Gasteiger partial charge in [-0.15, -0.1) is 0 Å². The molecule has 0 unspecified atom stereocenters. The van der Waals surface area contributed by atoms with Crippen molar-refractivity contribution in [3.8, 4) is 0 Å². The maximum atomic E-state index is 10.9. The van der Waals surface area contributed by atoms with Crippen LogP contribution >= 0.6 is 0 Å². The fourth-order valence-corrected chi connectivity index (χ4v) is 1.97. The number of hydrogen-bond donors (Lipinski definition) is 2. The Bertz CT molecular complexity index is 636. The van der Waals surface area contributed by atoms with Gasteiger partial charge in [0.1, 0.15) is 0 Å². The topological polar surface area (TPSA) is 92.9 Å². The number of carboxylic acid groups (broad SMARTS) is 1. The number of nitrogens with one attached hydrogen (secondary N) is 1. The molecule has 2 heterocycles. The summed E-state index contributed by atoms with van der Waals surface area (Å²) in [6.07, 6.45) is 4.12. The Morgan fingerprint density at radius 3 is 2.85 bits per heavy atom. The molecular formula is C13H17N5O2. The van der Waals surface area contributed by atoms with E-state index in [0.717, 1.165) is 17.7 Å². The SMILES string of the molecule is CCc1nn(C)cc1CNc1ncc(C(=O)O)c(C)n1. The molecule has 7 heteroatoms. The van der Waals surface area contributed by atoms with Gasteiger partial charge >= 0.3 is 5.97 Å². The van der Waals surface area contributed by atoms with Gasteiger partial charge in [0.05, 0.1) is 17.0 Å². The molecule has 2 aromatic rings. The minimum atomic E-state index is -1.02. The van der Waals surface area contributed by atoms with Crippen molar-refractivity contribution in [2.45, 2.75) is 26.8 Å². The number of aromatic nitrogens is 4. The quantitative estimate of drug-likeness (QED) is 0.856. The molecule has 0 aliphatic heterocycles. The number of aryl methyl sites for hydroxylation is 3. The number of aromatic carboxylic acids is 1. The first kappa shape index (κ1) is 14.0. The standard InChI is InChI=1S/C13H17N5O2/c1-4-11-9(7-18(3)17-11)5-14-13-15-6-10(12(19)20)8(2)16-13/h6-7H,4-5H2,1-3H3,(H,19,20)(H,14,15,16). The zero-order valence-corrected chi connectivity index (χ0v) is 11.7. The lowest BCUT2D eigenvalue weighted by Gasteiger charge is -2.06. The van der Waals surface area contributed by atoms with Gasteiger partial charge in [-0.1, -0.05) is 6.92 Å². The molecule has 0 atom stereocenters. The average molecular weight is 275 g/mol. The molecular weight excluding hydrogens is 258 g/mol. The summed E-state index contributed by atoms with van der Waals surface area (Å²) in [7, 11) is 1.88. The molecule has 0 aliphatic carbocycles. The number of rotatable bonds is 5. The van der Waals surface area contributed by atoms with Crippen LogP contribution in [0, 0.1) is 6.92 Å². The Labute approximate surface area is 116 Å². The van der Waals surface area contributed by atoms with Gasteiger partial charge in [-0.25, -0.2) is 14.8 Å². The van der Waals surface area contributed by atoms with Crippen LogP contribution in [0.2, 0.25) is 0 Å². The second-order valence-electron chi connectivity index (χ2n) is 4.48. The van der Waals surface area contributed by atoms with Crippen molar-refractivity contribution in [3.63, 3.8) is 0 Å². The van der Waals surface area contributed by atoms with Crippen LogP contribution < -0.4 is 5.32 Å². The van der Waals surface area contributed by atoms with Crippen LogP contribution in [0.25, 0.3) is 0 Å². The summed E-state index contributed by atoms with van der Waals surface area (Å²) in [5.74, 6) is -0.604. The smallest absolute Gasteiger partial charge is 0.339 e. The number of anilines is 1. The second-order valence-corrected chi connectivity index (χ2v) is 4.48. The molecule has 0 saturated heterocycles. The lowest BCUT2D eigenvalue weighted by molar-refractivity contribution is 0.0695. The van der Waals surface area contributed by atoms with Gasteiger partial charge in [-0.2, -0.15) is 5.10 Å². The number of hydrogen-bond acceptors (Lipinski definition) is 5. The molecule has 0 fully saturated rings. The Balaban J connectivity index is 2.11. The number of nitrogens with zero attached hydrogens (tertiary/aromatic N) is 4. The van der Waals surface area contributed by atoms with Crippen LogP contribution in [0.15, 0.2) is 12.4 Å². The van der Waals surface area contributed by atoms with Crippen LogP contribution in [-0.4, -0.2) is 30.8 Å². The van der Waals surface area contributed by atoms with E-state index in [9.17, 15) is 4.79 Å². The molecule has 0 aromatic carbocycles. The molecule has 0 spiro atoms. The van der Waals surface area contributed by atoms with Crippen molar-refractivity contribution in [2.75, 3.05) is 5.32 Å². The average Bonchev–Trinajstić information content (AvgIpc) is 2.76. The molecule has 2 rings (SSSR count). The molecule has 0 saturated carbocycles. The molecule has 2 aromatic heterocycles. The Hall–Kier alpha value is -2.44. The normalized spacial score (nSPS) is 10.6. The highest BCUT2D eigenvalue weighted by Gasteiger charge is 2.10. The summed E-state index contributed by atoms with van der Waals surface area (Å²) in [4.78, 5) is 19.0. The number of carbonyl (C=O) groups is 1. The monoisotopic (exact) mass is 275 g/mol. The first-order valence-electron chi connectivity index (χ1n) is 6.33. The summed E-state index contributed by atoms with van der Waals surface area (Å²) in [5.41, 5.74) is 2.67. The first-order chi connectivity index (χ1) is 9.51. The third kappa shape index (κ3) is 2.93. The second kappa shape index (κ2) is 5.68. The van der Waals surface area contributed by atoms with Gasteiger partial charge in [0.25, 0.3) is 0 Å². The van der Waals surface area contributed by atoms with E-state index < -0.39 is 5.97 Å². The Morgan fingerprint density at radius 1 is 1.50 bits per heavy atom. The first-order valence-corrected chi connectivity index (χ1v) is 6.33. The van der Waals surface area contributed by atoms with Crippen molar-refractivity contribution in [1.82, 2.24) is 19.7 Å². The molecule has 0 amide bonds. The predicted octanol–water partition coefficient (Wildman–Crippen LogP) is 1.39. The van der Waals surface area contributed by atoms with E-state index in [-0.39, 0.29) is 5.56 Å². The fourth-order valence-electron chi connectivity index (χ4n) is 1.97. The van der Waals surface area contributed by atoms with Crippen molar-refractivity contribution in [1.29, 1.82) is 0 Å². The third-order valence-electron chi connectivity index (χ3n) is 2.97. The van der Waals surface area contributed by atoms with E-state index in [0.29, 0.717) is 18.2 Å². The van der Waals surface area contributed by atoms with E-state index >= 15 is 0 Å². The zero-order chi connectivity index (χ0) is 14.7. The van der Waals surface area contributed by atoms with Gasteiger partial charge < -0.3 is 10.4 Å². The van der Waals surface area contributed by atoms with Crippen molar-refractivity contribution in [3.05, 3.63) is 34.9 Å². The maximum absolute atomic E-state index is 10.9. The van der Waals surface area contributed by atoms with Crippen LogP contribution in [0.1, 0.15) is 34.2 Å². The van der Waals surface area contributed by atoms with E-state index in [1.54, 1.807) is 11.6 Å². The van der Waals surface area contributed by atoms with E-state index in [2.05, 4.69) is 20.4 Å². The largest absolute Gasteiger partial charge is 0.478 e. The Kier molecular flexibility index (Phi) is 3.97. The summed E-state index contributed by atoms with van der Waals surface area (Å²) in [5, 5.41) is 16.4. The van der Waals surface area contributed by atoms with E-state index in [1.807, 2.05) is 20.2 Å². The molecule has 20 heavy (non-hydrogen) atoms. The summed E-state index contributed by atoms with van der Waals surface area (Å²) < 4.78 is 1.77. The molecule has 2 N–H and O–H groups in total.